The first-order valence-electron chi connectivity index (χ1n) is 7.13. The van der Waals surface area contributed by atoms with E-state index in [9.17, 15) is 18.0 Å². The van der Waals surface area contributed by atoms with Gasteiger partial charge in [0.05, 0.1) is 6.61 Å². The third-order valence-electron chi connectivity index (χ3n) is 3.55. The summed E-state index contributed by atoms with van der Waals surface area (Å²) in [5.41, 5.74) is 0.723. The zero-order chi connectivity index (χ0) is 16.2. The summed E-state index contributed by atoms with van der Waals surface area (Å²) < 4.78 is 44.8. The molecule has 1 heterocycles. The topological polar surface area (TPSA) is 29.5 Å². The molecule has 3 nitrogen and oxygen atoms in total. The van der Waals surface area contributed by atoms with Crippen LogP contribution in [-0.2, 0) is 16.1 Å². The first-order chi connectivity index (χ1) is 10.4. The fourth-order valence-electron chi connectivity index (χ4n) is 2.54. The lowest BCUT2D eigenvalue weighted by molar-refractivity contribution is -0.194. The highest BCUT2D eigenvalue weighted by Gasteiger charge is 2.47. The van der Waals surface area contributed by atoms with Crippen LogP contribution in [0.5, 0.6) is 0 Å². The predicted molar refractivity (Wildman–Crippen MR) is 76.0 cm³/mol. The summed E-state index contributed by atoms with van der Waals surface area (Å²) in [4.78, 5) is 13.1. The van der Waals surface area contributed by atoms with Gasteiger partial charge in [-0.2, -0.15) is 13.2 Å². The minimum Gasteiger partial charge on any atom is -0.465 e. The van der Waals surface area contributed by atoms with Gasteiger partial charge in [-0.1, -0.05) is 42.5 Å². The van der Waals surface area contributed by atoms with Crippen LogP contribution in [-0.4, -0.2) is 35.7 Å². The molecule has 0 bridgehead atoms. The van der Waals surface area contributed by atoms with Crippen molar-refractivity contribution in [3.63, 3.8) is 0 Å². The van der Waals surface area contributed by atoms with Gasteiger partial charge in [-0.05, 0) is 18.9 Å². The van der Waals surface area contributed by atoms with Crippen LogP contribution in [0.2, 0.25) is 0 Å². The summed E-state index contributed by atoms with van der Waals surface area (Å²) in [6.45, 7) is 1.81. The number of hydrogen-bond donors (Lipinski definition) is 0. The molecular weight excluding hydrogens is 295 g/mol. The smallest absolute Gasteiger partial charge is 0.404 e. The molecular formula is C16H18F3NO2. The normalized spacial score (nSPS) is 22.5. The Morgan fingerprint density at radius 2 is 2.00 bits per heavy atom. The molecule has 2 rings (SSSR count). The molecule has 0 spiro atoms. The Balaban J connectivity index is 2.29. The van der Waals surface area contributed by atoms with Gasteiger partial charge in [-0.3, -0.25) is 9.69 Å². The van der Waals surface area contributed by atoms with Crippen molar-refractivity contribution in [3.05, 3.63) is 48.0 Å². The minimum atomic E-state index is -4.40. The third-order valence-corrected chi connectivity index (χ3v) is 3.55. The average molecular weight is 313 g/mol. The molecule has 1 aliphatic rings. The Labute approximate surface area is 127 Å². The van der Waals surface area contributed by atoms with Gasteiger partial charge < -0.3 is 4.74 Å². The van der Waals surface area contributed by atoms with Gasteiger partial charge in [0.25, 0.3) is 0 Å². The van der Waals surface area contributed by atoms with E-state index >= 15 is 0 Å². The number of esters is 1. The first-order valence-corrected chi connectivity index (χ1v) is 7.13. The van der Waals surface area contributed by atoms with E-state index in [0.29, 0.717) is 0 Å². The van der Waals surface area contributed by atoms with Gasteiger partial charge >= 0.3 is 12.1 Å². The zero-order valence-corrected chi connectivity index (χ0v) is 12.2. The lowest BCUT2D eigenvalue weighted by Gasteiger charge is -2.38. The van der Waals surface area contributed by atoms with Crippen LogP contribution < -0.4 is 0 Å². The van der Waals surface area contributed by atoms with Gasteiger partial charge in [-0.15, -0.1) is 0 Å². The van der Waals surface area contributed by atoms with Crippen LogP contribution in [0.3, 0.4) is 0 Å². The maximum absolute atomic E-state index is 13.3. The second kappa shape index (κ2) is 6.96. The summed E-state index contributed by atoms with van der Waals surface area (Å²) in [7, 11) is 0. The quantitative estimate of drug-likeness (QED) is 0.631. The highest BCUT2D eigenvalue weighted by molar-refractivity contribution is 5.78. The molecule has 120 valence electrons. The molecule has 6 heteroatoms. The molecule has 0 radical (unpaired) electrons. The third kappa shape index (κ3) is 3.88. The number of alkyl halides is 3. The van der Waals surface area contributed by atoms with E-state index in [-0.39, 0.29) is 19.6 Å². The SMILES string of the molecule is CCOC(=O)[C@@H]1C=CC[C@@H](C(F)(F)F)N1Cc1ccccc1. The number of hydrogen-bond acceptors (Lipinski definition) is 3. The van der Waals surface area contributed by atoms with Crippen molar-refractivity contribution in [1.82, 2.24) is 4.90 Å². The molecule has 0 saturated heterocycles. The van der Waals surface area contributed by atoms with Crippen molar-refractivity contribution in [2.45, 2.75) is 38.1 Å². The fourth-order valence-corrected chi connectivity index (χ4v) is 2.54. The molecule has 1 aromatic carbocycles. The molecule has 1 aliphatic heterocycles. The molecule has 0 aliphatic carbocycles. The Hall–Kier alpha value is -1.82. The van der Waals surface area contributed by atoms with Crippen LogP contribution in [0.25, 0.3) is 0 Å². The second-order valence-electron chi connectivity index (χ2n) is 5.08. The molecule has 22 heavy (non-hydrogen) atoms. The maximum atomic E-state index is 13.3. The van der Waals surface area contributed by atoms with Crippen molar-refractivity contribution in [1.29, 1.82) is 0 Å². The van der Waals surface area contributed by atoms with Crippen LogP contribution in [0.1, 0.15) is 18.9 Å². The lowest BCUT2D eigenvalue weighted by Crippen LogP contribution is -2.54. The largest absolute Gasteiger partial charge is 0.465 e. The molecule has 0 fully saturated rings. The van der Waals surface area contributed by atoms with Crippen molar-refractivity contribution in [2.75, 3.05) is 6.61 Å². The molecule has 0 unspecified atom stereocenters. The molecule has 0 aromatic heterocycles. The Morgan fingerprint density at radius 1 is 1.32 bits per heavy atom. The predicted octanol–water partition coefficient (Wildman–Crippen LogP) is 3.31. The lowest BCUT2D eigenvalue weighted by atomic mass is 10.0. The summed E-state index contributed by atoms with van der Waals surface area (Å²) in [6, 6.07) is 6.10. The van der Waals surface area contributed by atoms with E-state index in [1.165, 1.54) is 12.2 Å². The van der Waals surface area contributed by atoms with Gasteiger partial charge in [-0.25, -0.2) is 0 Å². The number of benzene rings is 1. The summed E-state index contributed by atoms with van der Waals surface area (Å²) in [6.07, 6.45) is -1.67. The number of halogens is 3. The number of nitrogens with zero attached hydrogens (tertiary/aromatic N) is 1. The number of ether oxygens (including phenoxy) is 1. The molecule has 2 atom stereocenters. The second-order valence-corrected chi connectivity index (χ2v) is 5.08. The van der Waals surface area contributed by atoms with E-state index in [1.54, 1.807) is 37.3 Å². The van der Waals surface area contributed by atoms with Crippen molar-refractivity contribution < 1.29 is 22.7 Å². The number of carbonyl (C=O) groups excluding carboxylic acids is 1. The number of rotatable bonds is 4. The van der Waals surface area contributed by atoms with Crippen molar-refractivity contribution in [3.8, 4) is 0 Å². The van der Waals surface area contributed by atoms with Gasteiger partial charge in [0.2, 0.25) is 0 Å². The fraction of sp³-hybridized carbons (Fsp3) is 0.438. The van der Waals surface area contributed by atoms with Crippen LogP contribution in [0, 0.1) is 0 Å². The van der Waals surface area contributed by atoms with Crippen LogP contribution in [0.4, 0.5) is 13.2 Å². The van der Waals surface area contributed by atoms with E-state index in [2.05, 4.69) is 0 Å². The minimum absolute atomic E-state index is 0.0405. The molecule has 0 N–H and O–H groups in total. The van der Waals surface area contributed by atoms with Gasteiger partial charge in [0.15, 0.2) is 0 Å². The van der Waals surface area contributed by atoms with E-state index < -0.39 is 24.2 Å². The van der Waals surface area contributed by atoms with Crippen LogP contribution >= 0.6 is 0 Å². The Morgan fingerprint density at radius 3 is 2.59 bits per heavy atom. The molecule has 0 saturated carbocycles. The standard InChI is InChI=1S/C16H18F3NO2/c1-2-22-15(21)13-9-6-10-14(16(17,18)19)20(13)11-12-7-4-3-5-8-12/h3-9,13-14H,2,10-11H2,1H3/t13-,14-/m0/s1. The van der Waals surface area contributed by atoms with Gasteiger partial charge in [0.1, 0.15) is 12.1 Å². The van der Waals surface area contributed by atoms with Crippen LogP contribution in [0.15, 0.2) is 42.5 Å². The van der Waals surface area contributed by atoms with Gasteiger partial charge in [0, 0.05) is 6.54 Å². The number of carbonyl (C=O) groups is 1. The Kier molecular flexibility index (Phi) is 5.24. The highest BCUT2D eigenvalue weighted by Crippen LogP contribution is 2.33. The van der Waals surface area contributed by atoms with E-state index in [1.807, 2.05) is 0 Å². The Bertz CT molecular complexity index is 528. The average Bonchev–Trinajstić information content (AvgIpc) is 2.47. The molecule has 1 aromatic rings. The summed E-state index contributed by atoms with van der Waals surface area (Å²) >= 11 is 0. The molecule has 0 amide bonds. The summed E-state index contributed by atoms with van der Waals surface area (Å²) in [5, 5.41) is 0. The van der Waals surface area contributed by atoms with E-state index in [4.69, 9.17) is 4.74 Å². The highest BCUT2D eigenvalue weighted by atomic mass is 19.4. The maximum Gasteiger partial charge on any atom is 0.404 e. The van der Waals surface area contributed by atoms with Crippen molar-refractivity contribution in [2.24, 2.45) is 0 Å². The van der Waals surface area contributed by atoms with Crippen molar-refractivity contribution >= 4 is 5.97 Å². The summed E-state index contributed by atoms with van der Waals surface area (Å²) in [5.74, 6) is -0.649. The monoisotopic (exact) mass is 313 g/mol. The van der Waals surface area contributed by atoms with E-state index in [0.717, 1.165) is 10.5 Å². The first kappa shape index (κ1) is 16.5. The zero-order valence-electron chi connectivity index (χ0n) is 12.2.